The van der Waals surface area contributed by atoms with Crippen molar-refractivity contribution < 1.29 is 14.7 Å². The Morgan fingerprint density at radius 2 is 2.18 bits per heavy atom. The number of likely N-dealkylation sites (tertiary alicyclic amines) is 1. The molecule has 6 heteroatoms. The van der Waals surface area contributed by atoms with Gasteiger partial charge in [-0.2, -0.15) is 0 Å². The van der Waals surface area contributed by atoms with E-state index in [1.807, 2.05) is 12.1 Å². The van der Waals surface area contributed by atoms with Gasteiger partial charge >= 0.3 is 6.09 Å². The molecule has 0 bridgehead atoms. The van der Waals surface area contributed by atoms with Crippen LogP contribution in [0.15, 0.2) is 24.5 Å². The van der Waals surface area contributed by atoms with E-state index in [-0.39, 0.29) is 5.91 Å². The normalized spacial score (nSPS) is 17.0. The van der Waals surface area contributed by atoms with E-state index in [0.29, 0.717) is 31.8 Å². The van der Waals surface area contributed by atoms with Crippen LogP contribution in [0.4, 0.5) is 4.79 Å². The van der Waals surface area contributed by atoms with Crippen molar-refractivity contribution >= 4 is 12.0 Å². The van der Waals surface area contributed by atoms with Gasteiger partial charge in [-0.1, -0.05) is 13.0 Å². The fourth-order valence-corrected chi connectivity index (χ4v) is 2.71. The summed E-state index contributed by atoms with van der Waals surface area (Å²) >= 11 is 0. The van der Waals surface area contributed by atoms with Crippen molar-refractivity contribution in [1.82, 2.24) is 15.2 Å². The maximum Gasteiger partial charge on any atom is 0.405 e. The number of aromatic nitrogens is 1. The molecule has 1 atom stereocenters. The topological polar surface area (TPSA) is 82.5 Å². The molecule has 1 aromatic heterocycles. The van der Waals surface area contributed by atoms with E-state index >= 15 is 0 Å². The Kier molecular flexibility index (Phi) is 5.75. The minimum atomic E-state index is -1.16. The van der Waals surface area contributed by atoms with Crippen LogP contribution in [-0.4, -0.2) is 46.1 Å². The summed E-state index contributed by atoms with van der Waals surface area (Å²) in [5.74, 6) is 0.517. The number of carbonyl (C=O) groups is 2. The number of nitrogens with zero attached hydrogens (tertiary/aromatic N) is 2. The summed E-state index contributed by atoms with van der Waals surface area (Å²) in [6, 6.07) is 3.08. The Morgan fingerprint density at radius 3 is 2.77 bits per heavy atom. The van der Waals surface area contributed by atoms with Crippen LogP contribution < -0.4 is 5.32 Å². The Labute approximate surface area is 130 Å². The van der Waals surface area contributed by atoms with Crippen molar-refractivity contribution in [2.24, 2.45) is 5.92 Å². The molecule has 1 aromatic rings. The first-order valence-electron chi connectivity index (χ1n) is 7.73. The fourth-order valence-electron chi connectivity index (χ4n) is 2.71. The van der Waals surface area contributed by atoms with E-state index in [4.69, 9.17) is 5.11 Å². The van der Waals surface area contributed by atoms with Crippen molar-refractivity contribution in [2.75, 3.05) is 13.1 Å². The molecule has 1 unspecified atom stereocenters. The van der Waals surface area contributed by atoms with Gasteiger partial charge in [-0.25, -0.2) is 4.79 Å². The predicted molar refractivity (Wildman–Crippen MR) is 82.5 cm³/mol. The number of pyridine rings is 1. The van der Waals surface area contributed by atoms with Gasteiger partial charge in [0.15, 0.2) is 0 Å². The van der Waals surface area contributed by atoms with Gasteiger partial charge in [0, 0.05) is 25.5 Å². The van der Waals surface area contributed by atoms with Gasteiger partial charge in [-0.05, 0) is 43.2 Å². The van der Waals surface area contributed by atoms with Crippen LogP contribution in [0, 0.1) is 5.92 Å². The van der Waals surface area contributed by atoms with Gasteiger partial charge in [0.1, 0.15) is 6.04 Å². The first-order chi connectivity index (χ1) is 10.6. The average Bonchev–Trinajstić information content (AvgIpc) is 2.52. The monoisotopic (exact) mass is 305 g/mol. The number of nitrogens with one attached hydrogen (secondary N) is 1. The van der Waals surface area contributed by atoms with Crippen molar-refractivity contribution in [3.63, 3.8) is 0 Å². The lowest BCUT2D eigenvalue weighted by Crippen LogP contribution is -2.50. The van der Waals surface area contributed by atoms with E-state index < -0.39 is 12.1 Å². The molecule has 2 rings (SSSR count). The minimum absolute atomic E-state index is 0.113. The van der Waals surface area contributed by atoms with Crippen LogP contribution >= 0.6 is 0 Å². The molecule has 1 fully saturated rings. The second-order valence-corrected chi connectivity index (χ2v) is 5.91. The fraction of sp³-hybridized carbons (Fsp3) is 0.562. The van der Waals surface area contributed by atoms with Gasteiger partial charge in [0.05, 0.1) is 0 Å². The number of carboxylic acid groups (broad SMARTS) is 1. The Balaban J connectivity index is 1.95. The lowest BCUT2D eigenvalue weighted by atomic mass is 9.98. The zero-order valence-corrected chi connectivity index (χ0v) is 12.9. The highest BCUT2D eigenvalue weighted by Crippen LogP contribution is 2.17. The molecule has 0 aromatic carbocycles. The van der Waals surface area contributed by atoms with Crippen LogP contribution in [0.2, 0.25) is 0 Å². The Morgan fingerprint density at radius 1 is 1.45 bits per heavy atom. The highest BCUT2D eigenvalue weighted by Gasteiger charge is 2.28. The van der Waals surface area contributed by atoms with E-state index in [1.54, 1.807) is 17.3 Å². The van der Waals surface area contributed by atoms with Crippen molar-refractivity contribution in [3.8, 4) is 0 Å². The number of amides is 2. The Bertz CT molecular complexity index is 499. The molecule has 1 aliphatic heterocycles. The quantitative estimate of drug-likeness (QED) is 0.870. The lowest BCUT2D eigenvalue weighted by molar-refractivity contribution is -0.134. The number of carbonyl (C=O) groups excluding carboxylic acids is 1. The standard InChI is InChI=1S/C16H23N3O3/c1-12-6-9-19(10-7-12)15(20)14(18-16(21)22)5-4-13-3-2-8-17-11-13/h2-3,8,11-12,14,18H,4-7,9-10H2,1H3,(H,21,22). The summed E-state index contributed by atoms with van der Waals surface area (Å²) in [6.45, 7) is 3.60. The van der Waals surface area contributed by atoms with E-state index in [2.05, 4.69) is 17.2 Å². The highest BCUT2D eigenvalue weighted by molar-refractivity contribution is 5.85. The van der Waals surface area contributed by atoms with Crippen LogP contribution in [0.3, 0.4) is 0 Å². The molecule has 6 nitrogen and oxygen atoms in total. The number of hydrogen-bond donors (Lipinski definition) is 2. The third kappa shape index (κ3) is 4.72. The second-order valence-electron chi connectivity index (χ2n) is 5.91. The van der Waals surface area contributed by atoms with Gasteiger partial charge in [0.2, 0.25) is 5.91 Å². The summed E-state index contributed by atoms with van der Waals surface area (Å²) in [5, 5.41) is 11.3. The lowest BCUT2D eigenvalue weighted by Gasteiger charge is -2.33. The molecule has 2 N–H and O–H groups in total. The predicted octanol–water partition coefficient (Wildman–Crippen LogP) is 1.91. The highest BCUT2D eigenvalue weighted by atomic mass is 16.4. The molecule has 2 heterocycles. The van der Waals surface area contributed by atoms with Gasteiger partial charge in [-0.3, -0.25) is 9.78 Å². The molecule has 2 amide bonds. The third-order valence-corrected chi connectivity index (χ3v) is 4.14. The van der Waals surface area contributed by atoms with E-state index in [9.17, 15) is 9.59 Å². The molecule has 1 aliphatic rings. The SMILES string of the molecule is CC1CCN(C(=O)C(CCc2cccnc2)NC(=O)O)CC1. The molecule has 0 radical (unpaired) electrons. The number of hydrogen-bond acceptors (Lipinski definition) is 3. The molecule has 0 saturated carbocycles. The first-order valence-corrected chi connectivity index (χ1v) is 7.73. The minimum Gasteiger partial charge on any atom is -0.465 e. The van der Waals surface area contributed by atoms with Crippen LogP contribution in [0.25, 0.3) is 0 Å². The third-order valence-electron chi connectivity index (χ3n) is 4.14. The molecule has 0 aliphatic carbocycles. The zero-order chi connectivity index (χ0) is 15.9. The summed E-state index contributed by atoms with van der Waals surface area (Å²) in [6.07, 6.45) is 5.30. The first kappa shape index (κ1) is 16.3. The molecular formula is C16H23N3O3. The van der Waals surface area contributed by atoms with Gasteiger partial charge < -0.3 is 15.3 Å². The van der Waals surface area contributed by atoms with E-state index in [0.717, 1.165) is 18.4 Å². The smallest absolute Gasteiger partial charge is 0.405 e. The zero-order valence-electron chi connectivity index (χ0n) is 12.9. The molecule has 22 heavy (non-hydrogen) atoms. The van der Waals surface area contributed by atoms with Crippen molar-refractivity contribution in [3.05, 3.63) is 30.1 Å². The maximum absolute atomic E-state index is 12.5. The molecule has 120 valence electrons. The molecule has 0 spiro atoms. The van der Waals surface area contributed by atoms with Gasteiger partial charge in [-0.15, -0.1) is 0 Å². The summed E-state index contributed by atoms with van der Waals surface area (Å²) in [5.41, 5.74) is 1.000. The summed E-state index contributed by atoms with van der Waals surface area (Å²) in [7, 11) is 0. The number of piperidine rings is 1. The molecular weight excluding hydrogens is 282 g/mol. The average molecular weight is 305 g/mol. The second kappa shape index (κ2) is 7.77. The number of aryl methyl sites for hydroxylation is 1. The largest absolute Gasteiger partial charge is 0.465 e. The summed E-state index contributed by atoms with van der Waals surface area (Å²) in [4.78, 5) is 29.3. The van der Waals surface area contributed by atoms with E-state index in [1.165, 1.54) is 0 Å². The number of rotatable bonds is 5. The van der Waals surface area contributed by atoms with Gasteiger partial charge in [0.25, 0.3) is 0 Å². The van der Waals surface area contributed by atoms with Crippen molar-refractivity contribution in [1.29, 1.82) is 0 Å². The van der Waals surface area contributed by atoms with Crippen LogP contribution in [0.1, 0.15) is 31.7 Å². The maximum atomic E-state index is 12.5. The Hall–Kier alpha value is -2.11. The van der Waals surface area contributed by atoms with Crippen LogP contribution in [-0.2, 0) is 11.2 Å². The van der Waals surface area contributed by atoms with Crippen molar-refractivity contribution in [2.45, 2.75) is 38.6 Å². The van der Waals surface area contributed by atoms with Crippen LogP contribution in [0.5, 0.6) is 0 Å². The summed E-state index contributed by atoms with van der Waals surface area (Å²) < 4.78 is 0. The molecule has 1 saturated heterocycles.